The van der Waals surface area contributed by atoms with Crippen molar-refractivity contribution >= 4 is 17.8 Å². The zero-order chi connectivity index (χ0) is 29.8. The lowest BCUT2D eigenvalue weighted by Gasteiger charge is -2.34. The van der Waals surface area contributed by atoms with E-state index in [4.69, 9.17) is 4.74 Å². The number of aromatic nitrogens is 2. The first-order valence-electron chi connectivity index (χ1n) is 15.3. The number of amides is 1. The van der Waals surface area contributed by atoms with E-state index in [1.807, 2.05) is 36.4 Å². The van der Waals surface area contributed by atoms with Crippen molar-refractivity contribution in [3.8, 4) is 5.75 Å². The van der Waals surface area contributed by atoms with Gasteiger partial charge in [0.25, 0.3) is 5.91 Å². The molecule has 1 saturated heterocycles. The number of ketones is 1. The van der Waals surface area contributed by atoms with Crippen LogP contribution in [0, 0.1) is 5.41 Å². The molecule has 0 bridgehead atoms. The van der Waals surface area contributed by atoms with Crippen LogP contribution in [0.25, 0.3) is 6.08 Å². The first kappa shape index (κ1) is 28.9. The van der Waals surface area contributed by atoms with E-state index in [-0.39, 0.29) is 23.5 Å². The highest BCUT2D eigenvalue weighted by Crippen LogP contribution is 2.34. The van der Waals surface area contributed by atoms with Gasteiger partial charge < -0.3 is 15.0 Å². The molecule has 0 saturated carbocycles. The number of carbonyl (C=O) groups excluding carboxylic acids is 2. The second-order valence-electron chi connectivity index (χ2n) is 12.7. The van der Waals surface area contributed by atoms with Crippen LogP contribution in [-0.2, 0) is 17.8 Å². The number of ether oxygens (including phenoxy) is 1. The molecule has 43 heavy (non-hydrogen) atoms. The van der Waals surface area contributed by atoms with Gasteiger partial charge in [-0.25, -0.2) is 0 Å². The summed E-state index contributed by atoms with van der Waals surface area (Å²) in [5.41, 5.74) is 6.16. The van der Waals surface area contributed by atoms with E-state index in [1.54, 1.807) is 29.2 Å². The summed E-state index contributed by atoms with van der Waals surface area (Å²) in [6.45, 7) is 9.20. The van der Waals surface area contributed by atoms with Crippen molar-refractivity contribution in [1.29, 1.82) is 0 Å². The topological polar surface area (TPSA) is 76.5 Å². The lowest BCUT2D eigenvalue weighted by Crippen LogP contribution is -2.40. The molecule has 2 aliphatic carbocycles. The minimum absolute atomic E-state index is 0.0590. The van der Waals surface area contributed by atoms with Crippen LogP contribution in [0.4, 0.5) is 0 Å². The number of carbonyl (C=O) groups is 2. The maximum atomic E-state index is 13.0. The summed E-state index contributed by atoms with van der Waals surface area (Å²) in [6, 6.07) is 16.2. The first-order valence-corrected chi connectivity index (χ1v) is 15.3. The average Bonchev–Trinajstić information content (AvgIpc) is 3.65. The zero-order valence-electron chi connectivity index (χ0n) is 25.1. The molecule has 1 aromatic heterocycles. The highest BCUT2D eigenvalue weighted by molar-refractivity contribution is 6.04. The van der Waals surface area contributed by atoms with E-state index in [2.05, 4.69) is 47.4 Å². The average molecular weight is 577 g/mol. The van der Waals surface area contributed by atoms with Gasteiger partial charge in [0.15, 0.2) is 5.78 Å². The van der Waals surface area contributed by atoms with Crippen molar-refractivity contribution in [2.75, 3.05) is 26.2 Å². The largest absolute Gasteiger partial charge is 0.493 e. The smallest absolute Gasteiger partial charge is 0.258 e. The Morgan fingerprint density at radius 2 is 1.86 bits per heavy atom. The number of fused-ring (bicyclic) bond motifs is 1. The second kappa shape index (κ2) is 12.6. The van der Waals surface area contributed by atoms with Gasteiger partial charge in [-0.05, 0) is 72.8 Å². The number of hydrogen-bond donors (Lipinski definition) is 1. The molecule has 0 radical (unpaired) electrons. The van der Waals surface area contributed by atoms with Gasteiger partial charge in [-0.2, -0.15) is 5.10 Å². The van der Waals surface area contributed by atoms with E-state index in [0.717, 1.165) is 29.0 Å². The van der Waals surface area contributed by atoms with Gasteiger partial charge >= 0.3 is 0 Å². The molecule has 1 fully saturated rings. The summed E-state index contributed by atoms with van der Waals surface area (Å²) in [5, 5.41) is 7.31. The normalized spacial score (nSPS) is 17.2. The number of nitrogens with zero attached hydrogens (tertiary/aromatic N) is 3. The molecule has 0 atom stereocenters. The number of piperidine rings is 1. The summed E-state index contributed by atoms with van der Waals surface area (Å²) >= 11 is 0. The number of Topliss-reactive ketones (excluding diaryl/α,β-unsaturated/α-hetero) is 1. The zero-order valence-corrected chi connectivity index (χ0v) is 25.1. The number of nitrogens with one attached hydrogen (secondary N) is 1. The highest BCUT2D eigenvalue weighted by atomic mass is 16.5. The van der Waals surface area contributed by atoms with E-state index < -0.39 is 0 Å². The fourth-order valence-electron chi connectivity index (χ4n) is 6.13. The molecule has 1 aliphatic heterocycles. The Morgan fingerprint density at radius 1 is 1.05 bits per heavy atom. The minimum Gasteiger partial charge on any atom is -0.493 e. The van der Waals surface area contributed by atoms with Crippen molar-refractivity contribution in [1.82, 2.24) is 20.0 Å². The molecule has 7 heteroatoms. The molecular formula is C36H40N4O3. The van der Waals surface area contributed by atoms with Crippen molar-refractivity contribution in [3.05, 3.63) is 112 Å². The Bertz CT molecular complexity index is 1590. The lowest BCUT2D eigenvalue weighted by molar-refractivity contribution is -0.114. The fourth-order valence-corrected chi connectivity index (χ4v) is 6.13. The number of benzene rings is 2. The monoisotopic (exact) mass is 576 g/mol. The Hall–Kier alpha value is -4.23. The van der Waals surface area contributed by atoms with E-state index in [1.165, 1.54) is 37.9 Å². The summed E-state index contributed by atoms with van der Waals surface area (Å²) in [6.07, 6.45) is 13.8. The van der Waals surface area contributed by atoms with Crippen LogP contribution < -0.4 is 10.1 Å². The minimum atomic E-state index is -0.246. The Labute approximate surface area is 253 Å². The van der Waals surface area contributed by atoms with Crippen molar-refractivity contribution in [2.24, 2.45) is 5.41 Å². The van der Waals surface area contributed by atoms with Crippen LogP contribution in [0.3, 0.4) is 0 Å². The lowest BCUT2D eigenvalue weighted by atomic mass is 9.93. The molecule has 6 rings (SSSR count). The van der Waals surface area contributed by atoms with Crippen LogP contribution in [0.2, 0.25) is 0 Å². The highest BCUT2D eigenvalue weighted by Gasteiger charge is 2.26. The number of allylic oxidation sites excluding steroid dienone is 4. The van der Waals surface area contributed by atoms with Crippen LogP contribution in [0.1, 0.15) is 66.6 Å². The summed E-state index contributed by atoms with van der Waals surface area (Å²) < 4.78 is 8.02. The van der Waals surface area contributed by atoms with Crippen LogP contribution >= 0.6 is 0 Å². The molecule has 0 unspecified atom stereocenters. The van der Waals surface area contributed by atoms with Crippen LogP contribution in [-0.4, -0.2) is 52.6 Å². The van der Waals surface area contributed by atoms with Gasteiger partial charge in [-0.1, -0.05) is 68.8 Å². The van der Waals surface area contributed by atoms with Gasteiger partial charge in [0.1, 0.15) is 5.75 Å². The van der Waals surface area contributed by atoms with Gasteiger partial charge in [0.2, 0.25) is 0 Å². The van der Waals surface area contributed by atoms with Gasteiger partial charge in [0, 0.05) is 35.8 Å². The van der Waals surface area contributed by atoms with E-state index >= 15 is 0 Å². The third-order valence-corrected chi connectivity index (χ3v) is 8.35. The number of rotatable bonds is 10. The molecule has 1 N–H and O–H groups in total. The molecule has 3 aromatic rings. The van der Waals surface area contributed by atoms with Crippen LogP contribution in [0.15, 0.2) is 89.9 Å². The molecule has 7 nitrogen and oxygen atoms in total. The second-order valence-corrected chi connectivity index (χ2v) is 12.7. The molecule has 2 aromatic carbocycles. The van der Waals surface area contributed by atoms with Gasteiger partial charge in [0.05, 0.1) is 24.9 Å². The SMILES string of the molecule is CC(C)(COc1ccc2c(c1)C=C(C1=CC(NC(=O)c3cnn(Cc4ccccc4)c3)=CCC1=O)C2)CN1CCCCC1. The molecule has 222 valence electrons. The van der Waals surface area contributed by atoms with Gasteiger partial charge in [-0.3, -0.25) is 14.3 Å². The maximum Gasteiger partial charge on any atom is 0.258 e. The maximum absolute atomic E-state index is 13.0. The summed E-state index contributed by atoms with van der Waals surface area (Å²) in [7, 11) is 0. The fraction of sp³-hybridized carbons (Fsp3) is 0.361. The van der Waals surface area contributed by atoms with Gasteiger partial charge in [-0.15, -0.1) is 0 Å². The first-order chi connectivity index (χ1) is 20.8. The molecular weight excluding hydrogens is 536 g/mol. The van der Waals surface area contributed by atoms with E-state index in [0.29, 0.717) is 36.4 Å². The summed E-state index contributed by atoms with van der Waals surface area (Å²) in [5.74, 6) is 0.667. The standard InChI is InChI=1S/C36H40N4O3/c1-36(2,24-39-15-7-4-8-16-39)25-43-32-13-11-27-17-29(18-28(27)19-32)33-20-31(12-14-34(33)41)38-35(42)30-21-37-40(23-30)22-26-9-5-3-6-10-26/h3,5-6,9-13,18-21,23H,4,7-8,14-17,22,24-25H2,1-2H3,(H,38,42). The Balaban J connectivity index is 1.08. The van der Waals surface area contributed by atoms with Crippen molar-refractivity contribution in [3.63, 3.8) is 0 Å². The molecule has 2 heterocycles. The third-order valence-electron chi connectivity index (χ3n) is 8.35. The molecule has 1 amide bonds. The summed E-state index contributed by atoms with van der Waals surface area (Å²) in [4.78, 5) is 28.5. The molecule has 0 spiro atoms. The van der Waals surface area contributed by atoms with Crippen molar-refractivity contribution < 1.29 is 14.3 Å². The number of hydrogen-bond acceptors (Lipinski definition) is 5. The Morgan fingerprint density at radius 3 is 2.67 bits per heavy atom. The predicted molar refractivity (Wildman–Crippen MR) is 169 cm³/mol. The third kappa shape index (κ3) is 7.23. The Kier molecular flexibility index (Phi) is 8.43. The predicted octanol–water partition coefficient (Wildman–Crippen LogP) is 5.97. The van der Waals surface area contributed by atoms with Crippen molar-refractivity contribution in [2.45, 2.75) is 52.5 Å². The van der Waals surface area contributed by atoms with E-state index in [9.17, 15) is 9.59 Å². The molecule has 3 aliphatic rings. The van der Waals surface area contributed by atoms with Crippen LogP contribution in [0.5, 0.6) is 5.75 Å². The quantitative estimate of drug-likeness (QED) is 0.322. The number of likely N-dealkylation sites (tertiary alicyclic amines) is 1.